The van der Waals surface area contributed by atoms with Gasteiger partial charge < -0.3 is 4.74 Å². The first-order chi connectivity index (χ1) is 8.00. The molecule has 0 unspecified atom stereocenters. The van der Waals surface area contributed by atoms with E-state index in [0.29, 0.717) is 6.61 Å². The Labute approximate surface area is 97.4 Å². The van der Waals surface area contributed by atoms with Crippen molar-refractivity contribution >= 4 is 5.78 Å². The van der Waals surface area contributed by atoms with Crippen LogP contribution in [0.3, 0.4) is 0 Å². The summed E-state index contributed by atoms with van der Waals surface area (Å²) in [5.74, 6) is -1.69. The Hall–Kier alpha value is -1.36. The van der Waals surface area contributed by atoms with Crippen LogP contribution in [0.4, 0.5) is 13.2 Å². The van der Waals surface area contributed by atoms with Gasteiger partial charge in [0.05, 0.1) is 6.61 Å². The van der Waals surface area contributed by atoms with Gasteiger partial charge >= 0.3 is 6.18 Å². The minimum atomic E-state index is -4.72. The molecular formula is C12H13F3O2. The molecule has 1 rings (SSSR count). The van der Waals surface area contributed by atoms with Gasteiger partial charge in [0.2, 0.25) is 5.78 Å². The predicted octanol–water partition coefficient (Wildman–Crippen LogP) is 3.11. The second kappa shape index (κ2) is 6.39. The highest BCUT2D eigenvalue weighted by atomic mass is 19.4. The van der Waals surface area contributed by atoms with Crippen LogP contribution in [0.2, 0.25) is 0 Å². The molecular weight excluding hydrogens is 233 g/mol. The third-order valence-corrected chi connectivity index (χ3v) is 2.12. The minimum absolute atomic E-state index is 0.0885. The largest absolute Gasteiger partial charge is 0.449 e. The Bertz CT molecular complexity index is 347. The number of carbonyl (C=O) groups is 1. The Morgan fingerprint density at radius 1 is 1.18 bits per heavy atom. The van der Waals surface area contributed by atoms with Crippen molar-refractivity contribution < 1.29 is 22.7 Å². The molecule has 17 heavy (non-hydrogen) atoms. The number of ether oxygens (including phenoxy) is 1. The van der Waals surface area contributed by atoms with Gasteiger partial charge in [-0.2, -0.15) is 13.2 Å². The lowest BCUT2D eigenvalue weighted by molar-refractivity contribution is -0.171. The van der Waals surface area contributed by atoms with Crippen molar-refractivity contribution in [3.63, 3.8) is 0 Å². The Morgan fingerprint density at radius 2 is 1.82 bits per heavy atom. The maximum absolute atomic E-state index is 11.8. The number of alkyl halides is 3. The van der Waals surface area contributed by atoms with E-state index in [1.54, 1.807) is 0 Å². The van der Waals surface area contributed by atoms with E-state index in [9.17, 15) is 18.0 Å². The van der Waals surface area contributed by atoms with Crippen LogP contribution < -0.4 is 0 Å². The van der Waals surface area contributed by atoms with Crippen LogP contribution in [-0.2, 0) is 16.1 Å². The Kier molecular flexibility index (Phi) is 5.15. The zero-order valence-corrected chi connectivity index (χ0v) is 9.17. The minimum Gasteiger partial charge on any atom is -0.377 e. The first kappa shape index (κ1) is 13.7. The van der Waals surface area contributed by atoms with Crippen molar-refractivity contribution in [2.75, 3.05) is 6.61 Å². The number of hydrogen-bond donors (Lipinski definition) is 0. The molecule has 5 heteroatoms. The molecule has 0 aliphatic heterocycles. The van der Waals surface area contributed by atoms with Gasteiger partial charge in [-0.3, -0.25) is 4.79 Å². The summed E-state index contributed by atoms with van der Waals surface area (Å²) in [4.78, 5) is 10.5. The van der Waals surface area contributed by atoms with Gasteiger partial charge in [0.25, 0.3) is 0 Å². The summed E-state index contributed by atoms with van der Waals surface area (Å²) >= 11 is 0. The summed E-state index contributed by atoms with van der Waals surface area (Å²) in [6.07, 6.45) is -5.15. The van der Waals surface area contributed by atoms with Gasteiger partial charge in [-0.05, 0) is 12.0 Å². The zero-order chi connectivity index (χ0) is 12.7. The number of Topliss-reactive ketones (excluding diaryl/α,β-unsaturated/α-hetero) is 1. The summed E-state index contributed by atoms with van der Waals surface area (Å²) in [5.41, 5.74) is 0.953. The lowest BCUT2D eigenvalue weighted by Crippen LogP contribution is -2.22. The van der Waals surface area contributed by atoms with Crippen LogP contribution in [0.25, 0.3) is 0 Å². The smallest absolute Gasteiger partial charge is 0.377 e. The number of halogens is 3. The number of benzene rings is 1. The van der Waals surface area contributed by atoms with E-state index in [1.807, 2.05) is 30.3 Å². The van der Waals surface area contributed by atoms with Crippen molar-refractivity contribution in [1.82, 2.24) is 0 Å². The second-order valence-corrected chi connectivity index (χ2v) is 3.56. The van der Waals surface area contributed by atoms with Gasteiger partial charge in [-0.15, -0.1) is 0 Å². The van der Waals surface area contributed by atoms with Crippen LogP contribution in [0.1, 0.15) is 18.4 Å². The fourth-order valence-electron chi connectivity index (χ4n) is 1.24. The molecule has 1 aromatic carbocycles. The molecule has 0 spiro atoms. The summed E-state index contributed by atoms with van der Waals surface area (Å²) in [5, 5.41) is 0. The molecule has 1 aromatic rings. The zero-order valence-electron chi connectivity index (χ0n) is 9.17. The van der Waals surface area contributed by atoms with Gasteiger partial charge in [0, 0.05) is 13.0 Å². The van der Waals surface area contributed by atoms with E-state index in [-0.39, 0.29) is 13.0 Å². The average molecular weight is 246 g/mol. The fraction of sp³-hybridized carbons (Fsp3) is 0.417. The molecule has 0 heterocycles. The van der Waals surface area contributed by atoms with E-state index in [0.717, 1.165) is 5.56 Å². The van der Waals surface area contributed by atoms with Crippen molar-refractivity contribution in [3.05, 3.63) is 35.9 Å². The van der Waals surface area contributed by atoms with E-state index < -0.39 is 18.4 Å². The van der Waals surface area contributed by atoms with E-state index in [1.165, 1.54) is 0 Å². The first-order valence-corrected chi connectivity index (χ1v) is 5.22. The van der Waals surface area contributed by atoms with Crippen LogP contribution in [0, 0.1) is 0 Å². The van der Waals surface area contributed by atoms with Crippen LogP contribution in [-0.4, -0.2) is 18.6 Å². The molecule has 0 saturated carbocycles. The lowest BCUT2D eigenvalue weighted by Gasteiger charge is -2.06. The molecule has 2 nitrogen and oxygen atoms in total. The van der Waals surface area contributed by atoms with E-state index >= 15 is 0 Å². The summed E-state index contributed by atoms with van der Waals surface area (Å²) < 4.78 is 40.7. The Balaban J connectivity index is 2.12. The van der Waals surface area contributed by atoms with Gasteiger partial charge in [0.15, 0.2) is 0 Å². The maximum Gasteiger partial charge on any atom is 0.449 e. The number of ketones is 1. The molecule has 94 valence electrons. The van der Waals surface area contributed by atoms with Gasteiger partial charge in [-0.1, -0.05) is 30.3 Å². The molecule has 0 N–H and O–H groups in total. The van der Waals surface area contributed by atoms with E-state index in [4.69, 9.17) is 4.74 Å². The molecule has 0 bridgehead atoms. The SMILES string of the molecule is O=C(CCCOCc1ccccc1)C(F)(F)F. The van der Waals surface area contributed by atoms with Crippen LogP contribution in [0.15, 0.2) is 30.3 Å². The van der Waals surface area contributed by atoms with E-state index in [2.05, 4.69) is 0 Å². The molecule has 0 fully saturated rings. The third kappa shape index (κ3) is 5.49. The third-order valence-electron chi connectivity index (χ3n) is 2.12. The number of rotatable bonds is 6. The molecule has 0 radical (unpaired) electrons. The highest BCUT2D eigenvalue weighted by Crippen LogP contribution is 2.18. The molecule has 0 saturated heterocycles. The number of hydrogen-bond acceptors (Lipinski definition) is 2. The summed E-state index contributed by atoms with van der Waals surface area (Å²) in [6, 6.07) is 9.30. The average Bonchev–Trinajstić information content (AvgIpc) is 2.28. The Morgan fingerprint density at radius 3 is 2.41 bits per heavy atom. The molecule has 0 amide bonds. The van der Waals surface area contributed by atoms with Crippen LogP contribution >= 0.6 is 0 Å². The number of carbonyl (C=O) groups excluding carboxylic acids is 1. The second-order valence-electron chi connectivity index (χ2n) is 3.56. The van der Waals surface area contributed by atoms with Gasteiger partial charge in [-0.25, -0.2) is 0 Å². The maximum atomic E-state index is 11.8. The normalized spacial score (nSPS) is 11.5. The standard InChI is InChI=1S/C12H13F3O2/c13-12(14,15)11(16)7-4-8-17-9-10-5-2-1-3-6-10/h1-3,5-6H,4,7-9H2. The van der Waals surface area contributed by atoms with Crippen LogP contribution in [0.5, 0.6) is 0 Å². The topological polar surface area (TPSA) is 26.3 Å². The van der Waals surface area contributed by atoms with Crippen molar-refractivity contribution in [2.24, 2.45) is 0 Å². The summed E-state index contributed by atoms with van der Waals surface area (Å²) in [6.45, 7) is 0.498. The lowest BCUT2D eigenvalue weighted by atomic mass is 10.2. The summed E-state index contributed by atoms with van der Waals surface area (Å²) in [7, 11) is 0. The molecule has 0 atom stereocenters. The first-order valence-electron chi connectivity index (χ1n) is 5.22. The van der Waals surface area contributed by atoms with Crippen molar-refractivity contribution in [2.45, 2.75) is 25.6 Å². The fourth-order valence-corrected chi connectivity index (χ4v) is 1.24. The van der Waals surface area contributed by atoms with Gasteiger partial charge in [0.1, 0.15) is 0 Å². The monoisotopic (exact) mass is 246 g/mol. The quantitative estimate of drug-likeness (QED) is 0.721. The predicted molar refractivity (Wildman–Crippen MR) is 56.4 cm³/mol. The van der Waals surface area contributed by atoms with Crippen molar-refractivity contribution in [1.29, 1.82) is 0 Å². The molecule has 0 aromatic heterocycles. The molecule has 0 aliphatic rings. The highest BCUT2D eigenvalue weighted by molar-refractivity contribution is 5.83. The molecule has 0 aliphatic carbocycles. The highest BCUT2D eigenvalue weighted by Gasteiger charge is 2.37. The van der Waals surface area contributed by atoms with Crippen molar-refractivity contribution in [3.8, 4) is 0 Å².